The number of benzene rings is 2. The second-order valence-corrected chi connectivity index (χ2v) is 6.51. The lowest BCUT2D eigenvalue weighted by atomic mass is 10.0. The number of hydrogen-bond donors (Lipinski definition) is 1. The number of rotatable bonds is 2. The molecule has 2 fully saturated rings. The highest BCUT2D eigenvalue weighted by atomic mass is 16.2. The summed E-state index contributed by atoms with van der Waals surface area (Å²) in [5, 5.41) is 5.09. The molecular formula is C19H21N3O2. The Labute approximate surface area is 141 Å². The maximum absolute atomic E-state index is 12.8. The second-order valence-electron chi connectivity index (χ2n) is 6.51. The van der Waals surface area contributed by atoms with Gasteiger partial charge >= 0.3 is 6.03 Å². The van der Waals surface area contributed by atoms with Gasteiger partial charge in [0.15, 0.2) is 0 Å². The largest absolute Gasteiger partial charge is 0.338 e. The van der Waals surface area contributed by atoms with E-state index in [-0.39, 0.29) is 18.0 Å². The molecule has 2 aromatic carbocycles. The van der Waals surface area contributed by atoms with Crippen LogP contribution in [-0.4, -0.2) is 54.0 Å². The number of nitrogens with one attached hydrogen (secondary N) is 1. The van der Waals surface area contributed by atoms with Crippen molar-refractivity contribution in [2.45, 2.75) is 18.9 Å². The summed E-state index contributed by atoms with van der Waals surface area (Å²) >= 11 is 0. The topological polar surface area (TPSA) is 52.7 Å². The first kappa shape index (κ1) is 15.0. The summed E-state index contributed by atoms with van der Waals surface area (Å²) in [6.07, 6.45) is 1.71. The Morgan fingerprint density at radius 2 is 1.75 bits per heavy atom. The van der Waals surface area contributed by atoms with Crippen LogP contribution in [0.25, 0.3) is 10.8 Å². The maximum Gasteiger partial charge on any atom is 0.317 e. The van der Waals surface area contributed by atoms with Crippen molar-refractivity contribution in [3.63, 3.8) is 0 Å². The zero-order valence-corrected chi connectivity index (χ0v) is 13.6. The summed E-state index contributed by atoms with van der Waals surface area (Å²) in [5.41, 5.74) is 0.742. The van der Waals surface area contributed by atoms with Gasteiger partial charge in [-0.15, -0.1) is 0 Å². The van der Waals surface area contributed by atoms with E-state index in [1.165, 1.54) is 0 Å². The van der Waals surface area contributed by atoms with E-state index in [1.54, 1.807) is 0 Å². The van der Waals surface area contributed by atoms with Crippen molar-refractivity contribution < 1.29 is 9.59 Å². The molecule has 0 radical (unpaired) electrons. The zero-order chi connectivity index (χ0) is 16.5. The fourth-order valence-electron chi connectivity index (χ4n) is 3.72. The number of hydrogen-bond acceptors (Lipinski definition) is 2. The molecule has 2 aliphatic rings. The predicted molar refractivity (Wildman–Crippen MR) is 93.0 cm³/mol. The third-order valence-electron chi connectivity index (χ3n) is 5.08. The monoisotopic (exact) mass is 323 g/mol. The number of fused-ring (bicyclic) bond motifs is 1. The Bertz CT molecular complexity index is 781. The lowest BCUT2D eigenvalue weighted by molar-refractivity contribution is 0.0666. The molecule has 3 amide bonds. The van der Waals surface area contributed by atoms with E-state index in [0.717, 1.165) is 42.3 Å². The van der Waals surface area contributed by atoms with E-state index >= 15 is 0 Å². The van der Waals surface area contributed by atoms with Crippen LogP contribution in [0.15, 0.2) is 42.5 Å². The van der Waals surface area contributed by atoms with Gasteiger partial charge in [-0.2, -0.15) is 0 Å². The molecule has 2 aromatic rings. The molecule has 0 bridgehead atoms. The third kappa shape index (κ3) is 2.70. The average Bonchev–Trinajstić information content (AvgIpc) is 3.07. The molecule has 4 rings (SSSR count). The van der Waals surface area contributed by atoms with Gasteiger partial charge in [-0.25, -0.2) is 4.79 Å². The molecule has 0 unspecified atom stereocenters. The SMILES string of the molecule is O=C(c1ccc2ccccc2c1)N1CCC(N2CCNC2=O)CC1. The van der Waals surface area contributed by atoms with Gasteiger partial charge in [0, 0.05) is 37.8 Å². The number of amides is 3. The van der Waals surface area contributed by atoms with Crippen LogP contribution in [0.4, 0.5) is 4.79 Å². The van der Waals surface area contributed by atoms with Crippen LogP contribution in [0.2, 0.25) is 0 Å². The van der Waals surface area contributed by atoms with Crippen molar-refractivity contribution in [1.82, 2.24) is 15.1 Å². The van der Waals surface area contributed by atoms with Crippen molar-refractivity contribution in [1.29, 1.82) is 0 Å². The summed E-state index contributed by atoms with van der Waals surface area (Å²) in [6.45, 7) is 2.93. The highest BCUT2D eigenvalue weighted by molar-refractivity contribution is 5.98. The minimum absolute atomic E-state index is 0.0364. The highest BCUT2D eigenvalue weighted by Gasteiger charge is 2.32. The first-order valence-corrected chi connectivity index (χ1v) is 8.55. The summed E-state index contributed by atoms with van der Waals surface area (Å²) in [6, 6.07) is 14.3. The first-order valence-electron chi connectivity index (χ1n) is 8.55. The van der Waals surface area contributed by atoms with Gasteiger partial charge in [0.2, 0.25) is 0 Å². The van der Waals surface area contributed by atoms with Crippen molar-refractivity contribution in [3.05, 3.63) is 48.0 Å². The third-order valence-corrected chi connectivity index (χ3v) is 5.08. The van der Waals surface area contributed by atoms with Crippen LogP contribution in [0, 0.1) is 0 Å². The molecule has 0 aromatic heterocycles. The quantitative estimate of drug-likeness (QED) is 0.923. The lowest BCUT2D eigenvalue weighted by Gasteiger charge is -2.36. The fraction of sp³-hybridized carbons (Fsp3) is 0.368. The number of carbonyl (C=O) groups excluding carboxylic acids is 2. The highest BCUT2D eigenvalue weighted by Crippen LogP contribution is 2.21. The van der Waals surface area contributed by atoms with E-state index in [1.807, 2.05) is 46.2 Å². The summed E-state index contributed by atoms with van der Waals surface area (Å²) < 4.78 is 0. The van der Waals surface area contributed by atoms with Crippen LogP contribution in [0.5, 0.6) is 0 Å². The van der Waals surface area contributed by atoms with Crippen molar-refractivity contribution in [3.8, 4) is 0 Å². The van der Waals surface area contributed by atoms with Crippen molar-refractivity contribution in [2.24, 2.45) is 0 Å². The Morgan fingerprint density at radius 3 is 2.46 bits per heavy atom. The minimum atomic E-state index is 0.0364. The molecule has 1 N–H and O–H groups in total. The van der Waals surface area contributed by atoms with E-state index < -0.39 is 0 Å². The Kier molecular flexibility index (Phi) is 3.84. The van der Waals surface area contributed by atoms with Gasteiger partial charge in [0.05, 0.1) is 0 Å². The fourth-order valence-corrected chi connectivity index (χ4v) is 3.72. The molecule has 0 aliphatic carbocycles. The van der Waals surface area contributed by atoms with Crippen LogP contribution < -0.4 is 5.32 Å². The molecule has 2 heterocycles. The molecule has 0 saturated carbocycles. The zero-order valence-electron chi connectivity index (χ0n) is 13.6. The van der Waals surface area contributed by atoms with Gasteiger partial charge in [0.25, 0.3) is 5.91 Å². The minimum Gasteiger partial charge on any atom is -0.338 e. The Balaban J connectivity index is 1.44. The van der Waals surface area contributed by atoms with Crippen LogP contribution in [-0.2, 0) is 0 Å². The van der Waals surface area contributed by atoms with E-state index in [9.17, 15) is 9.59 Å². The predicted octanol–water partition coefficient (Wildman–Crippen LogP) is 2.47. The molecule has 0 atom stereocenters. The molecular weight excluding hydrogens is 302 g/mol. The van der Waals surface area contributed by atoms with Gasteiger partial charge in [-0.05, 0) is 35.7 Å². The molecule has 5 heteroatoms. The summed E-state index contributed by atoms with van der Waals surface area (Å²) in [4.78, 5) is 28.4. The molecule has 124 valence electrons. The summed E-state index contributed by atoms with van der Waals surface area (Å²) in [5.74, 6) is 0.0880. The summed E-state index contributed by atoms with van der Waals surface area (Å²) in [7, 11) is 0. The van der Waals surface area contributed by atoms with E-state index in [4.69, 9.17) is 0 Å². The Morgan fingerprint density at radius 1 is 1.00 bits per heavy atom. The van der Waals surface area contributed by atoms with Gasteiger partial charge in [0.1, 0.15) is 0 Å². The van der Waals surface area contributed by atoms with E-state index in [0.29, 0.717) is 13.1 Å². The van der Waals surface area contributed by atoms with Crippen LogP contribution in [0.3, 0.4) is 0 Å². The van der Waals surface area contributed by atoms with Crippen molar-refractivity contribution in [2.75, 3.05) is 26.2 Å². The maximum atomic E-state index is 12.8. The van der Waals surface area contributed by atoms with Gasteiger partial charge < -0.3 is 15.1 Å². The number of urea groups is 1. The van der Waals surface area contributed by atoms with Crippen molar-refractivity contribution >= 4 is 22.7 Å². The molecule has 2 saturated heterocycles. The van der Waals surface area contributed by atoms with E-state index in [2.05, 4.69) is 11.4 Å². The molecule has 5 nitrogen and oxygen atoms in total. The molecule has 24 heavy (non-hydrogen) atoms. The first-order chi connectivity index (χ1) is 11.7. The number of nitrogens with zero attached hydrogens (tertiary/aromatic N) is 2. The standard InChI is InChI=1S/C19H21N3O2/c23-18(16-6-5-14-3-1-2-4-15(14)13-16)21-10-7-17(8-11-21)22-12-9-20-19(22)24/h1-6,13,17H,7-12H2,(H,20,24). The molecule has 2 aliphatic heterocycles. The molecule has 0 spiro atoms. The normalized spacial score (nSPS) is 18.9. The van der Waals surface area contributed by atoms with Crippen LogP contribution >= 0.6 is 0 Å². The number of likely N-dealkylation sites (tertiary alicyclic amines) is 1. The van der Waals surface area contributed by atoms with Gasteiger partial charge in [-0.1, -0.05) is 30.3 Å². The lowest BCUT2D eigenvalue weighted by Crippen LogP contribution is -2.47. The average molecular weight is 323 g/mol. The Hall–Kier alpha value is -2.56. The van der Waals surface area contributed by atoms with Gasteiger partial charge in [-0.3, -0.25) is 4.79 Å². The van der Waals surface area contributed by atoms with Crippen LogP contribution in [0.1, 0.15) is 23.2 Å². The second kappa shape index (κ2) is 6.15. The number of carbonyl (C=O) groups is 2. The smallest absolute Gasteiger partial charge is 0.317 e. The number of piperidine rings is 1.